The van der Waals surface area contributed by atoms with Gasteiger partial charge < -0.3 is 9.26 Å². The molecule has 26 heavy (non-hydrogen) atoms. The molecule has 0 radical (unpaired) electrons. The van der Waals surface area contributed by atoms with Crippen LogP contribution in [0, 0.1) is 0 Å². The van der Waals surface area contributed by atoms with Gasteiger partial charge in [-0.05, 0) is 42.5 Å². The summed E-state index contributed by atoms with van der Waals surface area (Å²) in [6, 6.07) is 12.7. The Hall–Kier alpha value is -3.00. The molecule has 4 rings (SSSR count). The molecule has 2 aromatic heterocycles. The number of fused-ring (bicyclic) bond motifs is 1. The van der Waals surface area contributed by atoms with Crippen molar-refractivity contribution in [1.29, 1.82) is 0 Å². The summed E-state index contributed by atoms with van der Waals surface area (Å²) < 4.78 is 12.7. The molecule has 0 aliphatic rings. The van der Waals surface area contributed by atoms with E-state index in [2.05, 4.69) is 31.1 Å². The first-order valence-electron chi connectivity index (χ1n) is 7.76. The van der Waals surface area contributed by atoms with Gasteiger partial charge >= 0.3 is 0 Å². The molecule has 0 N–H and O–H groups in total. The monoisotopic (exact) mass is 412 g/mol. The van der Waals surface area contributed by atoms with Crippen LogP contribution in [-0.2, 0) is 6.54 Å². The van der Waals surface area contributed by atoms with E-state index in [-0.39, 0.29) is 12.1 Å². The highest BCUT2D eigenvalue weighted by Gasteiger charge is 2.12. The molecule has 2 heterocycles. The Morgan fingerprint density at radius 1 is 1.19 bits per heavy atom. The number of halogens is 1. The second-order valence-electron chi connectivity index (χ2n) is 5.58. The number of benzene rings is 2. The summed E-state index contributed by atoms with van der Waals surface area (Å²) >= 11 is 3.37. The van der Waals surface area contributed by atoms with Gasteiger partial charge in [-0.3, -0.25) is 9.36 Å². The normalized spacial score (nSPS) is 11.0. The molecule has 8 heteroatoms. The molecule has 0 amide bonds. The van der Waals surface area contributed by atoms with Gasteiger partial charge in [0.25, 0.3) is 5.56 Å². The molecular formula is C18H13BrN4O3. The van der Waals surface area contributed by atoms with E-state index in [1.54, 1.807) is 19.2 Å². The van der Waals surface area contributed by atoms with Crippen LogP contribution in [-0.4, -0.2) is 26.8 Å². The highest BCUT2D eigenvalue weighted by molar-refractivity contribution is 9.10. The fraction of sp³-hybridized carbons (Fsp3) is 0.111. The van der Waals surface area contributed by atoms with Crippen molar-refractivity contribution in [2.24, 2.45) is 0 Å². The topological polar surface area (TPSA) is 83.0 Å². The number of ether oxygens (including phenoxy) is 1. The highest BCUT2D eigenvalue weighted by atomic mass is 79.9. The molecule has 0 fully saturated rings. The van der Waals surface area contributed by atoms with E-state index in [1.807, 2.05) is 30.3 Å². The Bertz CT molecular complexity index is 1140. The Balaban J connectivity index is 1.64. The summed E-state index contributed by atoms with van der Waals surface area (Å²) in [5, 5.41) is 4.50. The summed E-state index contributed by atoms with van der Waals surface area (Å²) in [7, 11) is 1.61. The Morgan fingerprint density at radius 3 is 2.77 bits per heavy atom. The van der Waals surface area contributed by atoms with Crippen molar-refractivity contribution >= 4 is 26.8 Å². The fourth-order valence-corrected chi connectivity index (χ4v) is 2.93. The average molecular weight is 413 g/mol. The van der Waals surface area contributed by atoms with Crippen LogP contribution in [0.2, 0.25) is 0 Å². The number of hydrogen-bond donors (Lipinski definition) is 0. The van der Waals surface area contributed by atoms with E-state index in [9.17, 15) is 4.79 Å². The predicted molar refractivity (Wildman–Crippen MR) is 99.1 cm³/mol. The molecule has 130 valence electrons. The summed E-state index contributed by atoms with van der Waals surface area (Å²) in [5.74, 6) is 1.53. The SMILES string of the molecule is COc1ccc(-c2noc(Cn3cnc4ccc(Br)cc4c3=O)n2)cc1. The van der Waals surface area contributed by atoms with Crippen LogP contribution in [0.4, 0.5) is 0 Å². The van der Waals surface area contributed by atoms with Gasteiger partial charge in [-0.15, -0.1) is 0 Å². The van der Waals surface area contributed by atoms with Crippen LogP contribution in [0.15, 0.2) is 62.6 Å². The number of rotatable bonds is 4. The zero-order valence-electron chi connectivity index (χ0n) is 13.7. The third-order valence-corrected chi connectivity index (χ3v) is 4.40. The van der Waals surface area contributed by atoms with Crippen LogP contribution < -0.4 is 10.3 Å². The van der Waals surface area contributed by atoms with Crippen LogP contribution in [0.1, 0.15) is 5.89 Å². The lowest BCUT2D eigenvalue weighted by atomic mass is 10.2. The minimum Gasteiger partial charge on any atom is -0.497 e. The maximum atomic E-state index is 12.6. The van der Waals surface area contributed by atoms with Crippen molar-refractivity contribution in [3.8, 4) is 17.1 Å². The van der Waals surface area contributed by atoms with E-state index >= 15 is 0 Å². The zero-order chi connectivity index (χ0) is 18.1. The minimum absolute atomic E-state index is 0.150. The first-order valence-corrected chi connectivity index (χ1v) is 8.55. The lowest BCUT2D eigenvalue weighted by Gasteiger charge is -2.03. The zero-order valence-corrected chi connectivity index (χ0v) is 15.3. The van der Waals surface area contributed by atoms with Crippen LogP contribution in [0.25, 0.3) is 22.3 Å². The fourth-order valence-electron chi connectivity index (χ4n) is 2.57. The molecule has 7 nitrogen and oxygen atoms in total. The van der Waals surface area contributed by atoms with E-state index in [0.717, 1.165) is 15.8 Å². The van der Waals surface area contributed by atoms with Crippen molar-refractivity contribution in [3.63, 3.8) is 0 Å². The summed E-state index contributed by atoms with van der Waals surface area (Å²) in [6.07, 6.45) is 1.48. The van der Waals surface area contributed by atoms with Gasteiger partial charge in [-0.1, -0.05) is 21.1 Å². The summed E-state index contributed by atoms with van der Waals surface area (Å²) in [4.78, 5) is 21.3. The maximum absolute atomic E-state index is 12.6. The highest BCUT2D eigenvalue weighted by Crippen LogP contribution is 2.20. The summed E-state index contributed by atoms with van der Waals surface area (Å²) in [6.45, 7) is 0.150. The standard InChI is InChI=1S/C18H13BrN4O3/c1-25-13-5-2-11(3-6-13)17-21-16(26-22-17)9-23-10-20-15-7-4-12(19)8-14(15)18(23)24/h2-8,10H,9H2,1H3. The molecule has 2 aromatic carbocycles. The Kier molecular flexibility index (Phi) is 4.26. The molecule has 0 aliphatic heterocycles. The lowest BCUT2D eigenvalue weighted by molar-refractivity contribution is 0.369. The first kappa shape index (κ1) is 16.5. The molecular weight excluding hydrogens is 400 g/mol. The van der Waals surface area contributed by atoms with Crippen molar-refractivity contribution in [3.05, 3.63) is 69.5 Å². The third-order valence-electron chi connectivity index (χ3n) is 3.91. The van der Waals surface area contributed by atoms with Gasteiger partial charge in [0.2, 0.25) is 11.7 Å². The third kappa shape index (κ3) is 3.11. The van der Waals surface area contributed by atoms with Crippen LogP contribution >= 0.6 is 15.9 Å². The quantitative estimate of drug-likeness (QED) is 0.511. The van der Waals surface area contributed by atoms with Crippen molar-refractivity contribution in [2.75, 3.05) is 7.11 Å². The van der Waals surface area contributed by atoms with Gasteiger partial charge in [-0.25, -0.2) is 4.98 Å². The molecule has 0 unspecified atom stereocenters. The number of hydrogen-bond acceptors (Lipinski definition) is 6. The smallest absolute Gasteiger partial charge is 0.261 e. The maximum Gasteiger partial charge on any atom is 0.261 e. The van der Waals surface area contributed by atoms with Crippen molar-refractivity contribution in [2.45, 2.75) is 6.54 Å². The molecule has 0 saturated carbocycles. The second kappa shape index (κ2) is 6.72. The van der Waals surface area contributed by atoms with E-state index < -0.39 is 0 Å². The second-order valence-corrected chi connectivity index (χ2v) is 6.49. The van der Waals surface area contributed by atoms with E-state index in [0.29, 0.717) is 22.6 Å². The van der Waals surface area contributed by atoms with Crippen LogP contribution in [0.3, 0.4) is 0 Å². The van der Waals surface area contributed by atoms with Gasteiger partial charge in [0.1, 0.15) is 12.3 Å². The van der Waals surface area contributed by atoms with E-state index in [4.69, 9.17) is 9.26 Å². The molecule has 0 atom stereocenters. The molecule has 0 aliphatic carbocycles. The largest absolute Gasteiger partial charge is 0.497 e. The lowest BCUT2D eigenvalue weighted by Crippen LogP contribution is -2.21. The number of methoxy groups -OCH3 is 1. The predicted octanol–water partition coefficient (Wildman–Crippen LogP) is 3.27. The van der Waals surface area contributed by atoms with Crippen LogP contribution in [0.5, 0.6) is 5.75 Å². The number of aromatic nitrogens is 4. The Labute approximate surface area is 156 Å². The van der Waals surface area contributed by atoms with E-state index in [1.165, 1.54) is 10.9 Å². The average Bonchev–Trinajstić information content (AvgIpc) is 3.13. The molecule has 0 spiro atoms. The minimum atomic E-state index is -0.166. The van der Waals surface area contributed by atoms with Crippen molar-refractivity contribution < 1.29 is 9.26 Å². The Morgan fingerprint density at radius 2 is 2.00 bits per heavy atom. The summed E-state index contributed by atoms with van der Waals surface area (Å²) in [5.41, 5.74) is 1.27. The van der Waals surface area contributed by atoms with Crippen molar-refractivity contribution in [1.82, 2.24) is 19.7 Å². The van der Waals surface area contributed by atoms with Gasteiger partial charge in [-0.2, -0.15) is 4.98 Å². The number of nitrogens with zero attached hydrogens (tertiary/aromatic N) is 4. The first-order chi connectivity index (χ1) is 12.6. The molecule has 4 aromatic rings. The molecule has 0 saturated heterocycles. The molecule has 0 bridgehead atoms. The van der Waals surface area contributed by atoms with Gasteiger partial charge in [0, 0.05) is 10.0 Å². The van der Waals surface area contributed by atoms with Gasteiger partial charge in [0.05, 0.1) is 24.3 Å². The van der Waals surface area contributed by atoms with Gasteiger partial charge in [0.15, 0.2) is 0 Å².